The van der Waals surface area contributed by atoms with Gasteiger partial charge in [0.1, 0.15) is 0 Å². The lowest BCUT2D eigenvalue weighted by Crippen LogP contribution is -2.18. The van der Waals surface area contributed by atoms with E-state index in [1.807, 2.05) is 0 Å². The fraction of sp³-hybridized carbons (Fsp3) is 0.889. The van der Waals surface area contributed by atoms with E-state index in [0.29, 0.717) is 0 Å². The molecule has 0 spiro atoms. The normalized spacial score (nSPS) is 25.7. The Morgan fingerprint density at radius 3 is 2.42 bits per heavy atom. The summed E-state index contributed by atoms with van der Waals surface area (Å²) < 4.78 is 4.02. The molecular weight excluding hydrogens is 169 g/mol. The summed E-state index contributed by atoms with van der Waals surface area (Å²) in [7, 11) is -0.908. The maximum atomic E-state index is 10.3. The van der Waals surface area contributed by atoms with Crippen LogP contribution < -0.4 is 4.89 Å². The van der Waals surface area contributed by atoms with Crippen molar-refractivity contribution in [2.75, 3.05) is 0 Å². The quantitative estimate of drug-likeness (QED) is 0.608. The predicted molar refractivity (Wildman–Crippen MR) is 53.9 cm³/mol. The number of nitrogens with zero attached hydrogens (tertiary/aromatic N) is 1. The zero-order valence-electron chi connectivity index (χ0n) is 7.92. The van der Waals surface area contributed by atoms with Crippen LogP contribution in [-0.4, -0.2) is 5.71 Å². The lowest BCUT2D eigenvalue weighted by molar-refractivity contribution is -0.150. The van der Waals surface area contributed by atoms with Crippen molar-refractivity contribution >= 4 is 14.7 Å². The molecule has 1 aliphatic carbocycles. The Kier molecular flexibility index (Phi) is 4.17. The molecule has 0 radical (unpaired) electrons. The fourth-order valence-corrected chi connectivity index (χ4v) is 2.25. The molecule has 0 heterocycles. The highest BCUT2D eigenvalue weighted by Gasteiger charge is 2.20. The summed E-state index contributed by atoms with van der Waals surface area (Å²) in [6, 6.07) is 0. The SMILES string of the molecule is CC(C)C1CCC(=N[PH2+][O-])CC1. The first-order valence-corrected chi connectivity index (χ1v) is 5.72. The van der Waals surface area contributed by atoms with Gasteiger partial charge in [0, 0.05) is 0 Å². The summed E-state index contributed by atoms with van der Waals surface area (Å²) in [5.74, 6) is 1.66. The highest BCUT2D eigenvalue weighted by atomic mass is 31.1. The molecule has 1 unspecified atom stereocenters. The Labute approximate surface area is 76.4 Å². The Bertz CT molecular complexity index is 158. The smallest absolute Gasteiger partial charge is 0.0570 e. The maximum absolute atomic E-state index is 10.3. The third-order valence-corrected chi connectivity index (χ3v) is 3.26. The van der Waals surface area contributed by atoms with Gasteiger partial charge in [-0.2, -0.15) is 0 Å². The van der Waals surface area contributed by atoms with Gasteiger partial charge in [0.25, 0.3) is 0 Å². The average molecular weight is 187 g/mol. The van der Waals surface area contributed by atoms with Crippen molar-refractivity contribution < 1.29 is 4.89 Å². The molecular formula is C9H18NOP. The standard InChI is InChI=1S/C9H18NOP/c1-7(2)8-3-5-9(6-4-8)10-12-11/h7-8H,3-6,12H2,1-2H3. The van der Waals surface area contributed by atoms with Crippen molar-refractivity contribution in [3.05, 3.63) is 0 Å². The number of rotatable bonds is 2. The van der Waals surface area contributed by atoms with Crippen LogP contribution in [0.2, 0.25) is 0 Å². The van der Waals surface area contributed by atoms with Crippen LogP contribution in [0.1, 0.15) is 39.5 Å². The third kappa shape index (κ3) is 2.84. The van der Waals surface area contributed by atoms with Crippen molar-refractivity contribution in [2.45, 2.75) is 39.5 Å². The lowest BCUT2D eigenvalue weighted by atomic mass is 9.81. The van der Waals surface area contributed by atoms with Crippen molar-refractivity contribution in [3.8, 4) is 0 Å². The van der Waals surface area contributed by atoms with Crippen LogP contribution >= 0.6 is 8.96 Å². The van der Waals surface area contributed by atoms with E-state index in [0.717, 1.165) is 24.7 Å². The van der Waals surface area contributed by atoms with Crippen LogP contribution in [0, 0.1) is 11.8 Å². The van der Waals surface area contributed by atoms with Crippen LogP contribution in [-0.2, 0) is 0 Å². The van der Waals surface area contributed by atoms with E-state index in [9.17, 15) is 4.89 Å². The minimum Gasteiger partial charge on any atom is -0.663 e. The predicted octanol–water partition coefficient (Wildman–Crippen LogP) is 1.87. The monoisotopic (exact) mass is 187 g/mol. The first kappa shape index (κ1) is 10.1. The van der Waals surface area contributed by atoms with Crippen LogP contribution in [0.3, 0.4) is 0 Å². The van der Waals surface area contributed by atoms with E-state index >= 15 is 0 Å². The Morgan fingerprint density at radius 2 is 2.00 bits per heavy atom. The van der Waals surface area contributed by atoms with Gasteiger partial charge >= 0.3 is 0 Å². The second kappa shape index (κ2) is 4.94. The minimum atomic E-state index is -0.908. The van der Waals surface area contributed by atoms with Gasteiger partial charge in [0.2, 0.25) is 0 Å². The highest BCUT2D eigenvalue weighted by Crippen LogP contribution is 2.29. The zero-order valence-corrected chi connectivity index (χ0v) is 9.07. The van der Waals surface area contributed by atoms with Gasteiger partial charge in [-0.1, -0.05) is 13.8 Å². The minimum absolute atomic E-state index is 0.797. The van der Waals surface area contributed by atoms with E-state index in [-0.39, 0.29) is 0 Å². The Hall–Kier alpha value is 0.0600. The third-order valence-electron chi connectivity index (χ3n) is 2.79. The highest BCUT2D eigenvalue weighted by molar-refractivity contribution is 7.28. The molecule has 2 nitrogen and oxygen atoms in total. The molecule has 0 aromatic carbocycles. The molecule has 3 heteroatoms. The molecule has 0 N–H and O–H groups in total. The summed E-state index contributed by atoms with van der Waals surface area (Å²) in [6.45, 7) is 4.57. The second-order valence-corrected chi connectivity index (χ2v) is 4.35. The van der Waals surface area contributed by atoms with E-state index in [2.05, 4.69) is 18.6 Å². The van der Waals surface area contributed by atoms with Crippen molar-refractivity contribution in [1.82, 2.24) is 0 Å². The van der Waals surface area contributed by atoms with Crippen LogP contribution in [0.5, 0.6) is 0 Å². The van der Waals surface area contributed by atoms with E-state index < -0.39 is 8.96 Å². The topological polar surface area (TPSA) is 35.4 Å². The van der Waals surface area contributed by atoms with Gasteiger partial charge in [-0.3, -0.25) is 0 Å². The van der Waals surface area contributed by atoms with Gasteiger partial charge in [0.05, 0.1) is 14.7 Å². The largest absolute Gasteiger partial charge is 0.663 e. The first-order valence-electron chi connectivity index (χ1n) is 4.73. The van der Waals surface area contributed by atoms with Crippen LogP contribution in [0.4, 0.5) is 0 Å². The van der Waals surface area contributed by atoms with Crippen LogP contribution in [0.25, 0.3) is 0 Å². The Balaban J connectivity index is 2.34. The Morgan fingerprint density at radius 1 is 1.42 bits per heavy atom. The lowest BCUT2D eigenvalue weighted by Gasteiger charge is -2.25. The molecule has 1 aliphatic rings. The average Bonchev–Trinajstić information content (AvgIpc) is 2.06. The van der Waals surface area contributed by atoms with E-state index in [1.165, 1.54) is 18.6 Å². The second-order valence-electron chi connectivity index (χ2n) is 3.88. The summed E-state index contributed by atoms with van der Waals surface area (Å²) in [4.78, 5) is 10.3. The van der Waals surface area contributed by atoms with Gasteiger partial charge in [-0.05, 0) is 37.5 Å². The molecule has 1 atom stereocenters. The fourth-order valence-electron chi connectivity index (χ4n) is 1.84. The van der Waals surface area contributed by atoms with Gasteiger partial charge in [-0.25, -0.2) is 0 Å². The molecule has 0 bridgehead atoms. The molecule has 1 rings (SSSR count). The molecule has 0 saturated heterocycles. The van der Waals surface area contributed by atoms with Gasteiger partial charge < -0.3 is 4.89 Å². The van der Waals surface area contributed by atoms with Gasteiger partial charge in [0.15, 0.2) is 0 Å². The van der Waals surface area contributed by atoms with E-state index in [1.54, 1.807) is 0 Å². The van der Waals surface area contributed by atoms with Crippen LogP contribution in [0.15, 0.2) is 4.76 Å². The summed E-state index contributed by atoms with van der Waals surface area (Å²) in [5.41, 5.74) is 1.19. The molecule has 1 fully saturated rings. The molecule has 1 saturated carbocycles. The molecule has 0 aromatic rings. The molecule has 12 heavy (non-hydrogen) atoms. The zero-order chi connectivity index (χ0) is 8.97. The molecule has 70 valence electrons. The molecule has 0 amide bonds. The number of hydrogen-bond donors (Lipinski definition) is 0. The maximum Gasteiger partial charge on any atom is 0.0570 e. The summed E-state index contributed by atoms with van der Waals surface area (Å²) >= 11 is 0. The van der Waals surface area contributed by atoms with E-state index in [4.69, 9.17) is 0 Å². The van der Waals surface area contributed by atoms with Gasteiger partial charge in [-0.15, -0.1) is 4.76 Å². The van der Waals surface area contributed by atoms with Crippen molar-refractivity contribution in [2.24, 2.45) is 16.6 Å². The molecule has 0 aliphatic heterocycles. The number of hydrogen-bond acceptors (Lipinski definition) is 2. The van der Waals surface area contributed by atoms with Crippen molar-refractivity contribution in [3.63, 3.8) is 0 Å². The van der Waals surface area contributed by atoms with Crippen molar-refractivity contribution in [1.29, 1.82) is 0 Å². The first-order chi connectivity index (χ1) is 5.74. The summed E-state index contributed by atoms with van der Waals surface area (Å²) in [5, 5.41) is 0. The molecule has 0 aromatic heterocycles. The summed E-state index contributed by atoms with van der Waals surface area (Å²) in [6.07, 6.45) is 4.65.